The van der Waals surface area contributed by atoms with Gasteiger partial charge in [0.15, 0.2) is 9.84 Å². The number of rotatable bonds is 3. The molecule has 0 spiro atoms. The number of primary amides is 1. The molecule has 4 N–H and O–H groups in total. The van der Waals surface area contributed by atoms with Crippen molar-refractivity contribution in [2.24, 2.45) is 17.1 Å². The van der Waals surface area contributed by atoms with E-state index < -0.39 is 39.3 Å². The van der Waals surface area contributed by atoms with Crippen LogP contribution in [0, 0.1) is 11.3 Å². The molecule has 3 atom stereocenters. The third-order valence-corrected chi connectivity index (χ3v) is 5.28. The third kappa shape index (κ3) is 4.36. The van der Waals surface area contributed by atoms with E-state index in [-0.39, 0.29) is 17.4 Å². The van der Waals surface area contributed by atoms with Crippen molar-refractivity contribution in [1.82, 2.24) is 10.6 Å². The molecule has 8 heteroatoms. The second-order valence-electron chi connectivity index (χ2n) is 6.48. The van der Waals surface area contributed by atoms with Crippen LogP contribution in [0.15, 0.2) is 0 Å². The summed E-state index contributed by atoms with van der Waals surface area (Å²) in [6.07, 6.45) is 0. The quantitative estimate of drug-likeness (QED) is 0.658. The van der Waals surface area contributed by atoms with Gasteiger partial charge in [0, 0.05) is 6.04 Å². The van der Waals surface area contributed by atoms with E-state index in [0.29, 0.717) is 0 Å². The first-order valence-electron chi connectivity index (χ1n) is 6.49. The summed E-state index contributed by atoms with van der Waals surface area (Å²) in [6, 6.07) is -2.02. The molecule has 1 heterocycles. The van der Waals surface area contributed by atoms with Gasteiger partial charge >= 0.3 is 6.03 Å². The lowest BCUT2D eigenvalue weighted by Crippen LogP contribution is -2.57. The van der Waals surface area contributed by atoms with Crippen LogP contribution < -0.4 is 16.4 Å². The standard InChI is InChI=1S/C12H23N3O4S/c1-7-5-20(18,19)6-8(7)14-10(16)9(12(2,3)4)15-11(13)17/h7-9H,5-6H2,1-4H3,(H,14,16)(H3,13,15,17)/t7-,8+,9?/m0/s1. The monoisotopic (exact) mass is 305 g/mol. The summed E-state index contributed by atoms with van der Waals surface area (Å²) in [7, 11) is -3.10. The Morgan fingerprint density at radius 3 is 2.15 bits per heavy atom. The topological polar surface area (TPSA) is 118 Å². The van der Waals surface area contributed by atoms with Gasteiger partial charge in [0.1, 0.15) is 6.04 Å². The number of hydrogen-bond acceptors (Lipinski definition) is 4. The molecule has 0 aliphatic carbocycles. The summed E-state index contributed by atoms with van der Waals surface area (Å²) in [5.41, 5.74) is 4.55. The normalized spacial score (nSPS) is 26.8. The molecule has 3 amide bonds. The number of nitrogens with one attached hydrogen (secondary N) is 2. The molecule has 1 unspecified atom stereocenters. The van der Waals surface area contributed by atoms with Crippen molar-refractivity contribution < 1.29 is 18.0 Å². The molecule has 0 saturated carbocycles. The zero-order chi connectivity index (χ0) is 15.7. The van der Waals surface area contributed by atoms with Crippen LogP contribution in [0.1, 0.15) is 27.7 Å². The van der Waals surface area contributed by atoms with Gasteiger partial charge in [-0.25, -0.2) is 13.2 Å². The Labute approximate surface area is 119 Å². The highest BCUT2D eigenvalue weighted by Crippen LogP contribution is 2.22. The van der Waals surface area contributed by atoms with E-state index in [1.807, 2.05) is 0 Å². The first-order valence-corrected chi connectivity index (χ1v) is 8.31. The molecule has 1 rings (SSSR count). The van der Waals surface area contributed by atoms with Crippen molar-refractivity contribution in [2.75, 3.05) is 11.5 Å². The van der Waals surface area contributed by atoms with Crippen LogP contribution >= 0.6 is 0 Å². The lowest BCUT2D eigenvalue weighted by Gasteiger charge is -2.31. The molecule has 1 aliphatic heterocycles. The van der Waals surface area contributed by atoms with Crippen LogP contribution in [0.4, 0.5) is 4.79 Å². The summed E-state index contributed by atoms with van der Waals surface area (Å²) in [6.45, 7) is 7.16. The van der Waals surface area contributed by atoms with Crippen LogP contribution in [0.3, 0.4) is 0 Å². The lowest BCUT2D eigenvalue weighted by atomic mass is 9.86. The van der Waals surface area contributed by atoms with Gasteiger partial charge in [-0.05, 0) is 11.3 Å². The maximum atomic E-state index is 12.3. The van der Waals surface area contributed by atoms with E-state index in [1.165, 1.54) is 0 Å². The number of urea groups is 1. The maximum absolute atomic E-state index is 12.3. The van der Waals surface area contributed by atoms with Gasteiger partial charge in [0.2, 0.25) is 5.91 Å². The Balaban J connectivity index is 2.80. The third-order valence-electron chi connectivity index (χ3n) is 3.38. The van der Waals surface area contributed by atoms with E-state index in [0.717, 1.165) is 0 Å². The molecular formula is C12H23N3O4S. The number of nitrogens with two attached hydrogens (primary N) is 1. The minimum Gasteiger partial charge on any atom is -0.352 e. The van der Waals surface area contributed by atoms with Gasteiger partial charge in [0.05, 0.1) is 11.5 Å². The average Bonchev–Trinajstić information content (AvgIpc) is 2.46. The van der Waals surface area contributed by atoms with E-state index in [4.69, 9.17) is 5.73 Å². The largest absolute Gasteiger partial charge is 0.352 e. The Bertz CT molecular complexity index is 495. The fourth-order valence-corrected chi connectivity index (χ4v) is 4.42. The number of sulfone groups is 1. The van der Waals surface area contributed by atoms with E-state index >= 15 is 0 Å². The number of amides is 3. The average molecular weight is 305 g/mol. The van der Waals surface area contributed by atoms with Crippen molar-refractivity contribution in [3.63, 3.8) is 0 Å². The van der Waals surface area contributed by atoms with E-state index in [1.54, 1.807) is 27.7 Å². The smallest absolute Gasteiger partial charge is 0.312 e. The molecular weight excluding hydrogens is 282 g/mol. The minimum absolute atomic E-state index is 0.0622. The molecule has 1 aliphatic rings. The zero-order valence-electron chi connectivity index (χ0n) is 12.3. The highest BCUT2D eigenvalue weighted by molar-refractivity contribution is 7.91. The van der Waals surface area contributed by atoms with Crippen molar-refractivity contribution in [3.8, 4) is 0 Å². The minimum atomic E-state index is -3.10. The number of carbonyl (C=O) groups is 2. The van der Waals surface area contributed by atoms with Gasteiger partial charge in [-0.15, -0.1) is 0 Å². The van der Waals surface area contributed by atoms with Gasteiger partial charge < -0.3 is 16.4 Å². The Morgan fingerprint density at radius 2 is 1.80 bits per heavy atom. The van der Waals surface area contributed by atoms with E-state index in [9.17, 15) is 18.0 Å². The first-order chi connectivity index (χ1) is 8.92. The van der Waals surface area contributed by atoms with Crippen molar-refractivity contribution >= 4 is 21.8 Å². The second-order valence-corrected chi connectivity index (χ2v) is 8.63. The second kappa shape index (κ2) is 5.59. The number of hydrogen-bond donors (Lipinski definition) is 3. The Morgan fingerprint density at radius 1 is 1.25 bits per heavy atom. The number of carbonyl (C=O) groups excluding carboxylic acids is 2. The summed E-state index contributed by atoms with van der Waals surface area (Å²) in [5, 5.41) is 5.11. The molecule has 20 heavy (non-hydrogen) atoms. The molecule has 0 bridgehead atoms. The van der Waals surface area contributed by atoms with Crippen molar-refractivity contribution in [2.45, 2.75) is 39.8 Å². The van der Waals surface area contributed by atoms with Crippen LogP contribution in [-0.2, 0) is 14.6 Å². The van der Waals surface area contributed by atoms with Crippen LogP contribution in [-0.4, -0.2) is 43.9 Å². The fourth-order valence-electron chi connectivity index (χ4n) is 2.29. The SMILES string of the molecule is C[C@H]1CS(=O)(=O)C[C@H]1NC(=O)C(NC(N)=O)C(C)(C)C. The molecule has 1 saturated heterocycles. The van der Waals surface area contributed by atoms with Crippen molar-refractivity contribution in [1.29, 1.82) is 0 Å². The molecule has 7 nitrogen and oxygen atoms in total. The molecule has 0 aromatic rings. The van der Waals surface area contributed by atoms with Gasteiger partial charge in [-0.3, -0.25) is 4.79 Å². The first kappa shape index (κ1) is 16.7. The van der Waals surface area contributed by atoms with Gasteiger partial charge in [0.25, 0.3) is 0 Å². The molecule has 0 radical (unpaired) electrons. The Kier molecular flexibility index (Phi) is 4.68. The molecule has 1 fully saturated rings. The summed E-state index contributed by atoms with van der Waals surface area (Å²) < 4.78 is 23.1. The van der Waals surface area contributed by atoms with Crippen LogP contribution in [0.5, 0.6) is 0 Å². The van der Waals surface area contributed by atoms with Crippen LogP contribution in [0.25, 0.3) is 0 Å². The molecule has 0 aromatic carbocycles. The molecule has 0 aromatic heterocycles. The highest BCUT2D eigenvalue weighted by atomic mass is 32.2. The fraction of sp³-hybridized carbons (Fsp3) is 0.833. The van der Waals surface area contributed by atoms with Crippen LogP contribution in [0.2, 0.25) is 0 Å². The predicted octanol–water partition coefficient (Wildman–Crippen LogP) is -0.381. The van der Waals surface area contributed by atoms with Gasteiger partial charge in [-0.1, -0.05) is 27.7 Å². The summed E-state index contributed by atoms with van der Waals surface area (Å²) >= 11 is 0. The Hall–Kier alpha value is -1.31. The zero-order valence-corrected chi connectivity index (χ0v) is 13.1. The maximum Gasteiger partial charge on any atom is 0.312 e. The van der Waals surface area contributed by atoms with Crippen molar-refractivity contribution in [3.05, 3.63) is 0 Å². The van der Waals surface area contributed by atoms with Gasteiger partial charge in [-0.2, -0.15) is 0 Å². The highest BCUT2D eigenvalue weighted by Gasteiger charge is 2.39. The predicted molar refractivity (Wildman–Crippen MR) is 75.7 cm³/mol. The molecule has 116 valence electrons. The summed E-state index contributed by atoms with van der Waals surface area (Å²) in [4.78, 5) is 23.3. The summed E-state index contributed by atoms with van der Waals surface area (Å²) in [5.74, 6) is -0.544. The van der Waals surface area contributed by atoms with E-state index in [2.05, 4.69) is 10.6 Å². The lowest BCUT2D eigenvalue weighted by molar-refractivity contribution is -0.126.